The second-order valence-corrected chi connectivity index (χ2v) is 14.4. The van der Waals surface area contributed by atoms with E-state index in [4.69, 9.17) is 4.74 Å². The van der Waals surface area contributed by atoms with Crippen LogP contribution in [0.4, 0.5) is 26.3 Å². The summed E-state index contributed by atoms with van der Waals surface area (Å²) >= 11 is 0. The minimum Gasteiger partial charge on any atom is -0.345 e. The molecule has 3 nitrogen and oxygen atoms in total. The highest BCUT2D eigenvalue weighted by Crippen LogP contribution is 2.47. The minimum atomic E-state index is -5.02. The summed E-state index contributed by atoms with van der Waals surface area (Å²) in [7, 11) is -2.71. The maximum atomic E-state index is 13.6. The molecule has 1 amide bonds. The zero-order valence-electron chi connectivity index (χ0n) is 25.3. The molecule has 0 unspecified atom stereocenters. The summed E-state index contributed by atoms with van der Waals surface area (Å²) in [6, 6.07) is 39.7. The average Bonchev–Trinajstić information content (AvgIpc) is 3.06. The molecule has 5 aromatic carbocycles. The summed E-state index contributed by atoms with van der Waals surface area (Å²) in [6.07, 6.45) is -10.8. The van der Waals surface area contributed by atoms with E-state index in [2.05, 4.69) is 5.32 Å². The van der Waals surface area contributed by atoms with E-state index in [9.17, 15) is 31.1 Å². The summed E-state index contributed by atoms with van der Waals surface area (Å²) in [4.78, 5) is 13.6. The van der Waals surface area contributed by atoms with Gasteiger partial charge in [0.25, 0.3) is 0 Å². The topological polar surface area (TPSA) is 41.5 Å². The number of carbonyl (C=O) groups is 1. The van der Waals surface area contributed by atoms with Crippen LogP contribution in [-0.4, -0.2) is 12.5 Å². The van der Waals surface area contributed by atoms with Gasteiger partial charge in [0.1, 0.15) is 0 Å². The normalized spacial score (nSPS) is 13.4. The first-order valence-electron chi connectivity index (χ1n) is 14.7. The molecule has 0 aliphatic heterocycles. The van der Waals surface area contributed by atoms with E-state index in [1.54, 1.807) is 37.3 Å². The Balaban J connectivity index is 1.61. The number of amides is 1. The molecule has 0 fully saturated rings. The Kier molecular flexibility index (Phi) is 9.78. The smallest absolute Gasteiger partial charge is 0.345 e. The molecule has 0 saturated heterocycles. The zero-order valence-corrected chi connectivity index (χ0v) is 26.2. The largest absolute Gasteiger partial charge is 0.416 e. The lowest BCUT2D eigenvalue weighted by molar-refractivity contribution is -0.143. The van der Waals surface area contributed by atoms with Crippen molar-refractivity contribution in [1.82, 2.24) is 5.32 Å². The van der Waals surface area contributed by atoms with Crippen molar-refractivity contribution in [1.29, 1.82) is 0 Å². The van der Waals surface area contributed by atoms with Gasteiger partial charge in [0, 0.05) is 15.9 Å². The Bertz CT molecular complexity index is 1730. The van der Waals surface area contributed by atoms with Crippen LogP contribution in [0.5, 0.6) is 0 Å². The molecule has 0 aliphatic carbocycles. The van der Waals surface area contributed by atoms with Crippen molar-refractivity contribution in [3.05, 3.63) is 162 Å². The van der Waals surface area contributed by atoms with Gasteiger partial charge in [-0.2, -0.15) is 26.3 Å². The monoisotopic (exact) mass is 664 g/mol. The minimum absolute atomic E-state index is 0.0472. The summed E-state index contributed by atoms with van der Waals surface area (Å²) in [6.45, 7) is 1.80. The lowest BCUT2D eigenvalue weighted by Gasteiger charge is -2.33. The Morgan fingerprint density at radius 2 is 0.979 bits per heavy atom. The second kappa shape index (κ2) is 13.6. The first kappa shape index (κ1) is 33.7. The molecule has 5 rings (SSSR count). The molecule has 0 saturated carbocycles. The van der Waals surface area contributed by atoms with Crippen LogP contribution in [-0.2, 0) is 29.1 Å². The Labute approximate surface area is 269 Å². The number of alkyl halides is 6. The van der Waals surface area contributed by atoms with Crippen LogP contribution in [0.25, 0.3) is 0 Å². The van der Waals surface area contributed by atoms with Gasteiger partial charge in [-0.1, -0.05) is 121 Å². The van der Waals surface area contributed by atoms with Gasteiger partial charge in [-0.15, -0.1) is 0 Å². The second-order valence-electron chi connectivity index (χ2n) is 11.3. The summed E-state index contributed by atoms with van der Waals surface area (Å²) in [5, 5.41) is 5.85. The molecule has 47 heavy (non-hydrogen) atoms. The Hall–Kier alpha value is -4.62. The highest BCUT2D eigenvalue weighted by molar-refractivity contribution is 7.87. The SMILES string of the molecule is C[C@@](CN=P(c1ccccc1)(c1ccccc1)c1ccccc1)(NC(=O)Cc1cc(C(F)(F)F)cc(C(F)(F)F)c1)c1ccccc1. The molecule has 0 aromatic heterocycles. The van der Waals surface area contributed by atoms with Gasteiger partial charge >= 0.3 is 12.4 Å². The van der Waals surface area contributed by atoms with Crippen LogP contribution < -0.4 is 21.2 Å². The van der Waals surface area contributed by atoms with E-state index < -0.39 is 54.0 Å². The Morgan fingerprint density at radius 1 is 0.596 bits per heavy atom. The van der Waals surface area contributed by atoms with Crippen LogP contribution in [0.2, 0.25) is 0 Å². The molecular formula is C37H31F6N2OP. The third kappa shape index (κ3) is 7.68. The first-order valence-corrected chi connectivity index (χ1v) is 16.5. The molecular weight excluding hydrogens is 633 g/mol. The molecule has 5 aromatic rings. The standard InChI is InChI=1S/C37H31F6N2OP/c1-35(28-14-6-2-7-15-28,45-34(46)24-27-22-29(36(38,39)40)25-30(23-27)37(41,42)43)26-44-47(31-16-8-3-9-17-31,32-18-10-4-11-19-32)33-20-12-5-13-21-33/h2-23,25H,24,26H2,1H3,(H,45,46)/t35-/m0/s1. The molecule has 0 spiro atoms. The van der Waals surface area contributed by atoms with Crippen molar-refractivity contribution in [2.24, 2.45) is 4.74 Å². The van der Waals surface area contributed by atoms with Crippen molar-refractivity contribution in [3.63, 3.8) is 0 Å². The lowest BCUT2D eigenvalue weighted by Crippen LogP contribution is -2.46. The first-order chi connectivity index (χ1) is 22.3. The van der Waals surface area contributed by atoms with Gasteiger partial charge in [-0.25, -0.2) is 0 Å². The van der Waals surface area contributed by atoms with Crippen molar-refractivity contribution in [2.75, 3.05) is 6.54 Å². The number of nitrogens with zero attached hydrogens (tertiary/aromatic N) is 1. The number of nitrogens with one attached hydrogen (secondary N) is 1. The average molecular weight is 665 g/mol. The van der Waals surface area contributed by atoms with Crippen LogP contribution in [0.3, 0.4) is 0 Å². The fraction of sp³-hybridized carbons (Fsp3) is 0.162. The Morgan fingerprint density at radius 3 is 1.36 bits per heavy atom. The van der Waals surface area contributed by atoms with E-state index in [0.717, 1.165) is 15.9 Å². The van der Waals surface area contributed by atoms with Crippen molar-refractivity contribution in [3.8, 4) is 0 Å². The van der Waals surface area contributed by atoms with Gasteiger partial charge in [-0.05, 0) is 36.2 Å². The molecule has 1 atom stereocenters. The predicted octanol–water partition coefficient (Wildman–Crippen LogP) is 8.48. The highest BCUT2D eigenvalue weighted by Gasteiger charge is 2.38. The van der Waals surface area contributed by atoms with E-state index in [0.29, 0.717) is 17.7 Å². The number of rotatable bonds is 9. The highest BCUT2D eigenvalue weighted by atomic mass is 31.2. The molecule has 1 N–H and O–H groups in total. The van der Waals surface area contributed by atoms with Crippen molar-refractivity contribution in [2.45, 2.75) is 31.2 Å². The maximum absolute atomic E-state index is 13.6. The van der Waals surface area contributed by atoms with E-state index >= 15 is 0 Å². The number of hydrogen-bond acceptors (Lipinski definition) is 2. The fourth-order valence-electron chi connectivity index (χ4n) is 5.54. The van der Waals surface area contributed by atoms with E-state index in [-0.39, 0.29) is 12.6 Å². The number of halogens is 6. The van der Waals surface area contributed by atoms with Gasteiger partial charge < -0.3 is 5.32 Å². The summed E-state index contributed by atoms with van der Waals surface area (Å²) in [5.41, 5.74) is -3.87. The number of hydrogen-bond donors (Lipinski definition) is 1. The fourth-order valence-corrected chi connectivity index (χ4v) is 9.23. The van der Waals surface area contributed by atoms with Crippen LogP contribution in [0, 0.1) is 0 Å². The zero-order chi connectivity index (χ0) is 33.7. The van der Waals surface area contributed by atoms with Gasteiger partial charge in [-0.3, -0.25) is 9.54 Å². The van der Waals surface area contributed by atoms with Crippen LogP contribution in [0.15, 0.2) is 144 Å². The van der Waals surface area contributed by atoms with Crippen molar-refractivity contribution < 1.29 is 31.1 Å². The predicted molar refractivity (Wildman–Crippen MR) is 175 cm³/mol. The van der Waals surface area contributed by atoms with Gasteiger partial charge in [0.2, 0.25) is 5.91 Å². The molecule has 0 bridgehead atoms. The van der Waals surface area contributed by atoms with Crippen molar-refractivity contribution >= 4 is 28.9 Å². The van der Waals surface area contributed by atoms with Crippen LogP contribution in [0.1, 0.15) is 29.2 Å². The molecule has 10 heteroatoms. The molecule has 242 valence electrons. The molecule has 0 heterocycles. The summed E-state index contributed by atoms with van der Waals surface area (Å²) < 4.78 is 86.6. The van der Waals surface area contributed by atoms with E-state index in [1.165, 1.54) is 0 Å². The van der Waals surface area contributed by atoms with Gasteiger partial charge in [0.05, 0.1) is 36.7 Å². The maximum Gasteiger partial charge on any atom is 0.416 e. The third-order valence-electron chi connectivity index (χ3n) is 7.83. The van der Waals surface area contributed by atoms with E-state index in [1.807, 2.05) is 91.0 Å². The molecule has 0 aliphatic rings. The summed E-state index contributed by atoms with van der Waals surface area (Å²) in [5.74, 6) is -0.748. The quantitative estimate of drug-likeness (QED) is 0.125. The lowest BCUT2D eigenvalue weighted by atomic mass is 9.91. The number of carbonyl (C=O) groups excluding carboxylic acids is 1. The molecule has 0 radical (unpaired) electrons. The van der Waals surface area contributed by atoms with Crippen LogP contribution >= 0.6 is 7.05 Å². The number of benzene rings is 5. The van der Waals surface area contributed by atoms with Gasteiger partial charge in [0.15, 0.2) is 0 Å². The third-order valence-corrected chi connectivity index (χ3v) is 11.5.